The molecule has 0 spiro atoms. The maximum Gasteiger partial charge on any atom is 2.00 e. The maximum absolute atomic E-state index is 6.44. The van der Waals surface area contributed by atoms with E-state index in [0.717, 1.165) is 55.8 Å². The number of aliphatic imine (C=N–C) groups is 2. The van der Waals surface area contributed by atoms with E-state index in [1.165, 1.54) is 17.3 Å². The summed E-state index contributed by atoms with van der Waals surface area (Å²) >= 11 is 11.2. The third kappa shape index (κ3) is 7.72. The molecule has 0 radical (unpaired) electrons. The van der Waals surface area contributed by atoms with Gasteiger partial charge in [0, 0.05) is 4.90 Å². The number of halogens is 1. The minimum atomic E-state index is 0. The van der Waals surface area contributed by atoms with Crippen LogP contribution in [0, 0.1) is 40.2 Å². The second kappa shape index (κ2) is 14.1. The van der Waals surface area contributed by atoms with E-state index in [9.17, 15) is 0 Å². The molecule has 0 saturated carbocycles. The van der Waals surface area contributed by atoms with Gasteiger partial charge in [-0.3, -0.25) is 17.5 Å². The third-order valence-corrected chi connectivity index (χ3v) is 5.92. The number of thiol groups is 1. The molecule has 0 N–H and O–H groups in total. The van der Waals surface area contributed by atoms with Crippen molar-refractivity contribution in [1.82, 2.24) is 4.98 Å². The zero-order valence-corrected chi connectivity index (χ0v) is 24.0. The average molecular weight is 552 g/mol. The summed E-state index contributed by atoms with van der Waals surface area (Å²) in [6.45, 7) is 12.1. The Morgan fingerprint density at radius 2 is 1.32 bits per heavy atom. The second-order valence-electron chi connectivity index (χ2n) is 7.79. The number of pyridine rings is 1. The summed E-state index contributed by atoms with van der Waals surface area (Å²) in [5.41, 5.74) is 9.52. The van der Waals surface area contributed by atoms with Gasteiger partial charge in [-0.05, 0) is 88.1 Å². The summed E-state index contributed by atoms with van der Waals surface area (Å²) < 4.78 is 0. The van der Waals surface area contributed by atoms with Gasteiger partial charge in [0.1, 0.15) is 0 Å². The summed E-state index contributed by atoms with van der Waals surface area (Å²) in [5.74, 6) is 0. The molecule has 34 heavy (non-hydrogen) atoms. The van der Waals surface area contributed by atoms with Gasteiger partial charge in [0.15, 0.2) is 0 Å². The van der Waals surface area contributed by atoms with Crippen molar-refractivity contribution in [2.45, 2.75) is 46.4 Å². The molecule has 0 bridgehead atoms. The van der Waals surface area contributed by atoms with E-state index in [0.29, 0.717) is 5.02 Å². The number of benzene rings is 2. The molecule has 0 aliphatic rings. The predicted octanol–water partition coefficient (Wildman–Crippen LogP) is 8.84. The first-order chi connectivity index (χ1) is 15.7. The predicted molar refractivity (Wildman–Crippen MR) is 150 cm³/mol. The van der Waals surface area contributed by atoms with Gasteiger partial charge in [-0.15, -0.1) is 0 Å². The number of nitrogens with zero attached hydrogens (tertiary/aromatic N) is 3. The van der Waals surface area contributed by atoms with Crippen LogP contribution in [-0.2, 0) is 17.1 Å². The number of rotatable bonds is 5. The summed E-state index contributed by atoms with van der Waals surface area (Å²) in [7, 11) is 0. The van der Waals surface area contributed by atoms with Crippen LogP contribution in [0.3, 0.4) is 0 Å². The molecular weight excluding hydrogens is 522 g/mol. The molecule has 0 atom stereocenters. The summed E-state index contributed by atoms with van der Waals surface area (Å²) in [6.07, 6.45) is 6.93. The van der Waals surface area contributed by atoms with Crippen LogP contribution >= 0.6 is 36.0 Å². The topological polar surface area (TPSA) is 37.6 Å². The number of hydrogen-bond donors (Lipinski definition) is 1. The van der Waals surface area contributed by atoms with Crippen molar-refractivity contribution < 1.29 is 17.1 Å². The minimum Gasteiger partial charge on any atom is -0.372 e. The van der Waals surface area contributed by atoms with Crippen LogP contribution in [0.2, 0.25) is 5.02 Å². The SMILES string of the molecule is [CH2-]S.[CH2-]Sc1cc(C)cc(C)c1N=C(C)c1cccc(C(C)=Nc2c(C)cc(C)cc2Cl)n1.[Fe+2]. The molecule has 3 rings (SSSR count). The molecule has 3 nitrogen and oxygen atoms in total. The van der Waals surface area contributed by atoms with Crippen molar-refractivity contribution in [2.24, 2.45) is 9.98 Å². The van der Waals surface area contributed by atoms with Crippen molar-refractivity contribution in [3.05, 3.63) is 93.6 Å². The average Bonchev–Trinajstić information content (AvgIpc) is 2.79. The smallest absolute Gasteiger partial charge is 0.372 e. The van der Waals surface area contributed by atoms with Gasteiger partial charge in [-0.25, -0.2) is 9.98 Å². The van der Waals surface area contributed by atoms with Gasteiger partial charge < -0.3 is 24.4 Å². The fourth-order valence-electron chi connectivity index (χ4n) is 3.51. The fourth-order valence-corrected chi connectivity index (χ4v) is 4.49. The van der Waals surface area contributed by atoms with Crippen molar-refractivity contribution >= 4 is 58.8 Å². The van der Waals surface area contributed by atoms with Gasteiger partial charge >= 0.3 is 17.1 Å². The van der Waals surface area contributed by atoms with E-state index in [2.05, 4.69) is 57.2 Å². The van der Waals surface area contributed by atoms with E-state index in [4.69, 9.17) is 26.6 Å². The quantitative estimate of drug-likeness (QED) is 0.113. The van der Waals surface area contributed by atoms with Gasteiger partial charge in [0.05, 0.1) is 39.2 Å². The van der Waals surface area contributed by atoms with E-state index < -0.39 is 0 Å². The fraction of sp³-hybridized carbons (Fsp3) is 0.222. The molecule has 180 valence electrons. The van der Waals surface area contributed by atoms with Crippen molar-refractivity contribution in [1.29, 1.82) is 0 Å². The summed E-state index contributed by atoms with van der Waals surface area (Å²) in [5, 5.41) is 0.652. The zero-order chi connectivity index (χ0) is 24.7. The first-order valence-corrected chi connectivity index (χ1v) is 12.4. The van der Waals surface area contributed by atoms with Crippen LogP contribution in [0.25, 0.3) is 0 Å². The van der Waals surface area contributed by atoms with Crippen LogP contribution in [0.4, 0.5) is 11.4 Å². The number of aromatic nitrogens is 1. The van der Waals surface area contributed by atoms with E-state index in [-0.39, 0.29) is 17.1 Å². The monoisotopic (exact) mass is 551 g/mol. The van der Waals surface area contributed by atoms with Crippen molar-refractivity contribution in [3.63, 3.8) is 0 Å². The van der Waals surface area contributed by atoms with Gasteiger partial charge in [-0.2, -0.15) is 0 Å². The first-order valence-electron chi connectivity index (χ1n) is 10.4. The standard InChI is InChI=1S/C26H27ClN3S.CH3S.Fe/c1-15-11-17(3)25(21(27)13-15)28-19(5)22-9-8-10-23(30-22)20(6)29-26-18(4)12-16(2)14-24(26)31-7;1-2;/h8-14H,7H2,1-6H3;2H,1H2;/q2*-1;+2. The number of thioether (sulfide) groups is 1. The maximum atomic E-state index is 6.44. The zero-order valence-electron chi connectivity index (χ0n) is 20.4. The largest absolute Gasteiger partial charge is 2.00 e. The molecule has 0 unspecified atom stereocenters. The molecule has 0 aliphatic carbocycles. The minimum absolute atomic E-state index is 0. The Morgan fingerprint density at radius 1 is 0.853 bits per heavy atom. The van der Waals surface area contributed by atoms with Gasteiger partial charge in [-0.1, -0.05) is 29.8 Å². The Balaban J connectivity index is 0.00000188. The first kappa shape index (κ1) is 30.5. The summed E-state index contributed by atoms with van der Waals surface area (Å²) in [4.78, 5) is 15.6. The molecule has 0 saturated heterocycles. The Morgan fingerprint density at radius 3 is 1.82 bits per heavy atom. The van der Waals surface area contributed by atoms with Gasteiger partial charge in [0.25, 0.3) is 0 Å². The van der Waals surface area contributed by atoms with E-state index in [1.54, 1.807) is 0 Å². The number of hydrogen-bond acceptors (Lipinski definition) is 5. The summed E-state index contributed by atoms with van der Waals surface area (Å²) in [6, 6.07) is 14.2. The third-order valence-electron chi connectivity index (χ3n) is 5.01. The molecule has 0 amide bonds. The molecule has 7 heteroatoms. The Labute approximate surface area is 229 Å². The molecule has 0 fully saturated rings. The van der Waals surface area contributed by atoms with Crippen LogP contribution in [0.5, 0.6) is 0 Å². The van der Waals surface area contributed by atoms with Crippen LogP contribution in [-0.4, -0.2) is 16.4 Å². The molecule has 3 aromatic rings. The molecular formula is C27H30ClFeN3S2. The number of aryl methyl sites for hydroxylation is 4. The van der Waals surface area contributed by atoms with Crippen LogP contribution < -0.4 is 0 Å². The molecule has 1 heterocycles. The van der Waals surface area contributed by atoms with Crippen molar-refractivity contribution in [3.8, 4) is 0 Å². The second-order valence-corrected chi connectivity index (χ2v) is 8.92. The molecule has 1 aromatic heterocycles. The van der Waals surface area contributed by atoms with Crippen LogP contribution in [0.15, 0.2) is 57.3 Å². The Hall–Kier alpha value is -1.56. The van der Waals surface area contributed by atoms with E-state index >= 15 is 0 Å². The Kier molecular flexibility index (Phi) is 12.6. The van der Waals surface area contributed by atoms with Crippen molar-refractivity contribution in [2.75, 3.05) is 0 Å². The Bertz CT molecular complexity index is 1180. The van der Waals surface area contributed by atoms with E-state index in [1.807, 2.05) is 52.0 Å². The normalized spacial score (nSPS) is 11.5. The molecule has 0 aliphatic heterocycles. The van der Waals surface area contributed by atoms with Gasteiger partial charge in [0.2, 0.25) is 0 Å². The van der Waals surface area contributed by atoms with Crippen LogP contribution in [0.1, 0.15) is 47.5 Å². The molecule has 2 aromatic carbocycles.